The van der Waals surface area contributed by atoms with E-state index in [-0.39, 0.29) is 21.7 Å². The van der Waals surface area contributed by atoms with Gasteiger partial charge in [-0.15, -0.1) is 0 Å². The summed E-state index contributed by atoms with van der Waals surface area (Å²) in [5.41, 5.74) is -0.394. The normalized spacial score (nSPS) is 13.0. The van der Waals surface area contributed by atoms with Gasteiger partial charge >= 0.3 is 17.9 Å². The molecule has 1 rings (SSSR count). The summed E-state index contributed by atoms with van der Waals surface area (Å²) >= 11 is 17.8. The molecular weight excluding hydrogens is 407 g/mol. The molecule has 6 nitrogen and oxygen atoms in total. The van der Waals surface area contributed by atoms with Gasteiger partial charge < -0.3 is 14.6 Å². The first-order chi connectivity index (χ1) is 12.1. The predicted octanol–water partition coefficient (Wildman–Crippen LogP) is 4.87. The third-order valence-corrected chi connectivity index (χ3v) is 5.19. The minimum absolute atomic E-state index is 0.0632. The summed E-state index contributed by atoms with van der Waals surface area (Å²) in [4.78, 5) is 34.4. The molecule has 0 aliphatic rings. The van der Waals surface area contributed by atoms with E-state index in [1.807, 2.05) is 6.92 Å². The first-order valence-corrected chi connectivity index (χ1v) is 9.03. The number of carboxylic acids is 1. The number of ether oxygens (including phenoxy) is 2. The Bertz CT molecular complexity index is 704. The molecule has 1 N–H and O–H groups in total. The molecule has 9 heteroatoms. The fourth-order valence-electron chi connectivity index (χ4n) is 2.09. The van der Waals surface area contributed by atoms with Crippen LogP contribution < -0.4 is 4.74 Å². The van der Waals surface area contributed by atoms with Crippen LogP contribution >= 0.6 is 34.8 Å². The van der Waals surface area contributed by atoms with Crippen LogP contribution in [0.1, 0.15) is 44.0 Å². The number of aliphatic carboxylic acids is 1. The van der Waals surface area contributed by atoms with Gasteiger partial charge in [0.15, 0.2) is 5.75 Å². The quantitative estimate of drug-likeness (QED) is 0.290. The van der Waals surface area contributed by atoms with E-state index in [1.165, 1.54) is 0 Å². The molecular formula is C17H19Cl3O6. The van der Waals surface area contributed by atoms with Crippen molar-refractivity contribution in [3.05, 3.63) is 26.7 Å². The van der Waals surface area contributed by atoms with Crippen LogP contribution in [0.25, 0.3) is 0 Å². The first kappa shape index (κ1) is 22.5. The van der Waals surface area contributed by atoms with Gasteiger partial charge in [0, 0.05) is 0 Å². The van der Waals surface area contributed by atoms with E-state index in [4.69, 9.17) is 44.6 Å². The highest BCUT2D eigenvalue weighted by Crippen LogP contribution is 2.39. The van der Waals surface area contributed by atoms with Gasteiger partial charge in [0.1, 0.15) is 5.56 Å². The van der Waals surface area contributed by atoms with E-state index in [1.54, 1.807) is 0 Å². The second kappa shape index (κ2) is 10.00. The highest BCUT2D eigenvalue weighted by Gasteiger charge is 2.28. The molecule has 0 aromatic heterocycles. The highest BCUT2D eigenvalue weighted by molar-refractivity contribution is 6.46. The lowest BCUT2D eigenvalue weighted by atomic mass is 9.91. The highest BCUT2D eigenvalue weighted by atomic mass is 35.5. The number of carboxylic acid groups (broad SMARTS) is 1. The van der Waals surface area contributed by atoms with Crippen LogP contribution in [0.2, 0.25) is 15.1 Å². The Kier molecular flexibility index (Phi) is 8.67. The maximum atomic E-state index is 12.4. The fourth-order valence-corrected chi connectivity index (χ4v) is 2.81. The maximum Gasteiger partial charge on any atom is 0.422 e. The van der Waals surface area contributed by atoms with Crippen LogP contribution in [-0.4, -0.2) is 29.6 Å². The lowest BCUT2D eigenvalue weighted by Crippen LogP contribution is -2.21. The zero-order valence-corrected chi connectivity index (χ0v) is 16.7. The zero-order valence-electron chi connectivity index (χ0n) is 14.5. The second-order valence-corrected chi connectivity index (χ2v) is 7.03. The van der Waals surface area contributed by atoms with Gasteiger partial charge in [-0.1, -0.05) is 62.0 Å². The van der Waals surface area contributed by atoms with Gasteiger partial charge in [0.2, 0.25) is 0 Å². The maximum absolute atomic E-state index is 12.4. The molecule has 0 aliphatic heterocycles. The van der Waals surface area contributed by atoms with E-state index >= 15 is 0 Å². The van der Waals surface area contributed by atoms with Gasteiger partial charge in [0.25, 0.3) is 0 Å². The molecule has 0 aliphatic carbocycles. The number of carbonyl (C=O) groups is 3. The monoisotopic (exact) mass is 424 g/mol. The number of halogens is 3. The summed E-state index contributed by atoms with van der Waals surface area (Å²) in [6.07, 6.45) is 1.62. The average molecular weight is 426 g/mol. The van der Waals surface area contributed by atoms with Crippen molar-refractivity contribution >= 4 is 52.7 Å². The van der Waals surface area contributed by atoms with Gasteiger partial charge in [-0.3, -0.25) is 0 Å². The van der Waals surface area contributed by atoms with Crippen LogP contribution in [0, 0.1) is 11.8 Å². The fraction of sp³-hybridized carbons (Fsp3) is 0.471. The number of rotatable bonds is 7. The zero-order chi connectivity index (χ0) is 20.0. The first-order valence-electron chi connectivity index (χ1n) is 7.89. The van der Waals surface area contributed by atoms with Gasteiger partial charge in [-0.25, -0.2) is 14.4 Å². The van der Waals surface area contributed by atoms with Crippen LogP contribution in [0.15, 0.2) is 6.07 Å². The van der Waals surface area contributed by atoms with E-state index in [0.29, 0.717) is 18.3 Å². The summed E-state index contributed by atoms with van der Waals surface area (Å²) in [7, 11) is 0. The molecule has 0 spiro atoms. The number of hydrogen-bond donors (Lipinski definition) is 1. The SMILES string of the molecule is CCC(C)C(C)CCOC(=O)c1c(Cl)c(Cl)cc(Cl)c1OC(=O)C(=O)O. The Labute approximate surface area is 166 Å². The Morgan fingerprint density at radius 3 is 2.27 bits per heavy atom. The molecule has 1 aromatic rings. The molecule has 1 aromatic carbocycles. The largest absolute Gasteiger partial charge is 0.473 e. The molecule has 0 amide bonds. The molecule has 26 heavy (non-hydrogen) atoms. The number of carbonyl (C=O) groups excluding carboxylic acids is 2. The lowest BCUT2D eigenvalue weighted by Gasteiger charge is -2.18. The molecule has 0 fully saturated rings. The summed E-state index contributed by atoms with van der Waals surface area (Å²) in [5, 5.41) is 8.12. The van der Waals surface area contributed by atoms with Crippen LogP contribution in [0.4, 0.5) is 0 Å². The van der Waals surface area contributed by atoms with Crippen molar-refractivity contribution in [2.24, 2.45) is 11.8 Å². The van der Waals surface area contributed by atoms with E-state index < -0.39 is 29.2 Å². The summed E-state index contributed by atoms with van der Waals surface area (Å²) in [6.45, 7) is 6.33. The number of benzene rings is 1. The Balaban J connectivity index is 3.03. The van der Waals surface area contributed by atoms with Crippen LogP contribution in [0.5, 0.6) is 5.75 Å². The van der Waals surface area contributed by atoms with Crippen molar-refractivity contribution in [2.45, 2.75) is 33.6 Å². The van der Waals surface area contributed by atoms with Crippen molar-refractivity contribution in [1.29, 1.82) is 0 Å². The Morgan fingerprint density at radius 2 is 1.73 bits per heavy atom. The molecule has 0 saturated carbocycles. The molecule has 2 atom stereocenters. The van der Waals surface area contributed by atoms with Crippen LogP contribution in [0.3, 0.4) is 0 Å². The summed E-state index contributed by atoms with van der Waals surface area (Å²) < 4.78 is 9.85. The smallest absolute Gasteiger partial charge is 0.422 e. The third kappa shape index (κ3) is 5.76. The van der Waals surface area contributed by atoms with Gasteiger partial charge in [0.05, 0.1) is 21.7 Å². The van der Waals surface area contributed by atoms with Crippen molar-refractivity contribution in [3.8, 4) is 5.75 Å². The average Bonchev–Trinajstić information content (AvgIpc) is 2.58. The third-order valence-electron chi connectivity index (χ3n) is 4.12. The van der Waals surface area contributed by atoms with Gasteiger partial charge in [-0.05, 0) is 24.3 Å². The number of esters is 2. The predicted molar refractivity (Wildman–Crippen MR) is 98.3 cm³/mol. The molecule has 0 radical (unpaired) electrons. The van der Waals surface area contributed by atoms with E-state index in [0.717, 1.165) is 12.5 Å². The molecule has 2 unspecified atom stereocenters. The Morgan fingerprint density at radius 1 is 1.12 bits per heavy atom. The van der Waals surface area contributed by atoms with Crippen molar-refractivity contribution in [2.75, 3.05) is 6.61 Å². The molecule has 0 saturated heterocycles. The van der Waals surface area contributed by atoms with Crippen molar-refractivity contribution < 1.29 is 29.0 Å². The van der Waals surface area contributed by atoms with Gasteiger partial charge in [-0.2, -0.15) is 0 Å². The molecule has 0 heterocycles. The molecule has 144 valence electrons. The summed E-state index contributed by atoms with van der Waals surface area (Å²) in [6, 6.07) is 1.14. The van der Waals surface area contributed by atoms with E-state index in [2.05, 4.69) is 18.6 Å². The van der Waals surface area contributed by atoms with Crippen molar-refractivity contribution in [1.82, 2.24) is 0 Å². The second-order valence-electron chi connectivity index (χ2n) is 5.84. The standard InChI is InChI=1S/C17H19Cl3O6/c1-4-8(2)9(3)5-6-25-16(23)12-13(20)10(18)7-11(19)14(12)26-17(24)15(21)22/h7-9H,4-6H2,1-3H3,(H,21,22). The van der Waals surface area contributed by atoms with Crippen LogP contribution in [-0.2, 0) is 14.3 Å². The minimum Gasteiger partial charge on any atom is -0.473 e. The Hall–Kier alpha value is -1.50. The summed E-state index contributed by atoms with van der Waals surface area (Å²) in [5.74, 6) is -4.10. The number of hydrogen-bond acceptors (Lipinski definition) is 5. The minimum atomic E-state index is -1.85. The topological polar surface area (TPSA) is 89.9 Å². The molecule has 0 bridgehead atoms. The van der Waals surface area contributed by atoms with E-state index in [9.17, 15) is 14.4 Å². The van der Waals surface area contributed by atoms with Crippen molar-refractivity contribution in [3.63, 3.8) is 0 Å². The lowest BCUT2D eigenvalue weighted by molar-refractivity contribution is -0.158.